The summed E-state index contributed by atoms with van der Waals surface area (Å²) < 4.78 is 5.43. The molecule has 106 valence electrons. The molecule has 0 radical (unpaired) electrons. The molecule has 1 aliphatic rings. The highest BCUT2D eigenvalue weighted by atomic mass is 16.5. The molecule has 1 aromatic heterocycles. The monoisotopic (exact) mass is 271 g/mol. The number of ether oxygens (including phenoxy) is 1. The minimum Gasteiger partial charge on any atom is -0.381 e. The molecular weight excluding hydrogens is 250 g/mol. The van der Waals surface area contributed by atoms with Crippen molar-refractivity contribution >= 4 is 10.9 Å². The van der Waals surface area contributed by atoms with Gasteiger partial charge in [0.15, 0.2) is 0 Å². The van der Waals surface area contributed by atoms with Crippen LogP contribution in [0.15, 0.2) is 36.5 Å². The first-order valence-electron chi connectivity index (χ1n) is 7.26. The molecule has 20 heavy (non-hydrogen) atoms. The second kappa shape index (κ2) is 6.31. The van der Waals surface area contributed by atoms with E-state index in [-0.39, 0.29) is 6.04 Å². The van der Waals surface area contributed by atoms with Gasteiger partial charge in [-0.05, 0) is 36.8 Å². The zero-order chi connectivity index (χ0) is 13.8. The third kappa shape index (κ3) is 2.82. The average molecular weight is 271 g/mol. The summed E-state index contributed by atoms with van der Waals surface area (Å²) in [6, 6.07) is 10.5. The van der Waals surface area contributed by atoms with Crippen LogP contribution in [0.1, 0.15) is 30.9 Å². The van der Waals surface area contributed by atoms with Gasteiger partial charge in [0.05, 0.1) is 5.52 Å². The predicted octanol–water partition coefficient (Wildman–Crippen LogP) is 2.56. The summed E-state index contributed by atoms with van der Waals surface area (Å²) in [6.07, 6.45) is 5.12. The number of fused-ring (bicyclic) bond motifs is 1. The van der Waals surface area contributed by atoms with Gasteiger partial charge in [0.2, 0.25) is 0 Å². The fourth-order valence-electron chi connectivity index (χ4n) is 3.01. The van der Waals surface area contributed by atoms with E-state index in [0.717, 1.165) is 43.4 Å². The molecule has 3 rings (SSSR count). The zero-order valence-corrected chi connectivity index (χ0v) is 11.6. The summed E-state index contributed by atoms with van der Waals surface area (Å²) in [5, 5.41) is 1.16. The van der Waals surface area contributed by atoms with E-state index in [1.807, 2.05) is 12.3 Å². The Bertz CT molecular complexity index is 561. The molecule has 1 aliphatic heterocycles. The average Bonchev–Trinajstić information content (AvgIpc) is 2.53. The maximum atomic E-state index is 5.80. The van der Waals surface area contributed by atoms with Crippen molar-refractivity contribution in [2.24, 2.45) is 11.8 Å². The van der Waals surface area contributed by atoms with E-state index in [9.17, 15) is 0 Å². The van der Waals surface area contributed by atoms with Crippen molar-refractivity contribution in [2.45, 2.75) is 25.3 Å². The minimum atomic E-state index is 0.150. The third-order valence-corrected chi connectivity index (χ3v) is 4.15. The fourth-order valence-corrected chi connectivity index (χ4v) is 3.01. The number of hydrazine groups is 1. The van der Waals surface area contributed by atoms with Gasteiger partial charge in [-0.1, -0.05) is 24.3 Å². The van der Waals surface area contributed by atoms with Crippen molar-refractivity contribution in [2.75, 3.05) is 13.2 Å². The van der Waals surface area contributed by atoms with Crippen LogP contribution in [-0.4, -0.2) is 18.2 Å². The summed E-state index contributed by atoms with van der Waals surface area (Å²) in [4.78, 5) is 4.52. The van der Waals surface area contributed by atoms with Gasteiger partial charge in [0.1, 0.15) is 0 Å². The molecule has 0 amide bonds. The van der Waals surface area contributed by atoms with Crippen molar-refractivity contribution in [3.8, 4) is 0 Å². The molecular formula is C16H21N3O. The number of nitrogens with zero attached hydrogens (tertiary/aromatic N) is 1. The number of nitrogens with two attached hydrogens (primary N) is 1. The van der Waals surface area contributed by atoms with Gasteiger partial charge >= 0.3 is 0 Å². The molecule has 1 saturated heterocycles. The van der Waals surface area contributed by atoms with Crippen LogP contribution in [0.3, 0.4) is 0 Å². The van der Waals surface area contributed by atoms with E-state index >= 15 is 0 Å². The summed E-state index contributed by atoms with van der Waals surface area (Å²) in [5.74, 6) is 6.47. The Balaban J connectivity index is 1.86. The van der Waals surface area contributed by atoms with E-state index in [0.29, 0.717) is 5.92 Å². The van der Waals surface area contributed by atoms with Crippen LogP contribution in [-0.2, 0) is 4.74 Å². The maximum absolute atomic E-state index is 5.80. The predicted molar refractivity (Wildman–Crippen MR) is 80.0 cm³/mol. The van der Waals surface area contributed by atoms with Gasteiger partial charge in [-0.2, -0.15) is 0 Å². The number of nitrogens with one attached hydrogen (secondary N) is 1. The van der Waals surface area contributed by atoms with E-state index in [1.165, 1.54) is 5.56 Å². The number of hydrogen-bond acceptors (Lipinski definition) is 4. The molecule has 1 atom stereocenters. The van der Waals surface area contributed by atoms with Gasteiger partial charge < -0.3 is 4.74 Å². The van der Waals surface area contributed by atoms with Crippen LogP contribution in [0.5, 0.6) is 0 Å². The lowest BCUT2D eigenvalue weighted by molar-refractivity contribution is 0.0605. The molecule has 1 unspecified atom stereocenters. The van der Waals surface area contributed by atoms with Crippen molar-refractivity contribution in [3.05, 3.63) is 42.1 Å². The van der Waals surface area contributed by atoms with Gasteiger partial charge in [-0.25, -0.2) is 0 Å². The molecule has 2 heterocycles. The molecule has 4 heteroatoms. The quantitative estimate of drug-likeness (QED) is 0.663. The van der Waals surface area contributed by atoms with E-state index in [4.69, 9.17) is 10.6 Å². The number of rotatable bonds is 4. The lowest BCUT2D eigenvalue weighted by Gasteiger charge is -2.27. The fraction of sp³-hybridized carbons (Fsp3) is 0.438. The Kier molecular flexibility index (Phi) is 4.25. The van der Waals surface area contributed by atoms with Crippen LogP contribution >= 0.6 is 0 Å². The van der Waals surface area contributed by atoms with Gasteiger partial charge in [0.25, 0.3) is 0 Å². The van der Waals surface area contributed by atoms with E-state index in [1.54, 1.807) is 0 Å². The van der Waals surface area contributed by atoms with Crippen molar-refractivity contribution < 1.29 is 4.74 Å². The number of pyridine rings is 1. The number of aromatic nitrogens is 1. The number of hydrogen-bond donors (Lipinski definition) is 2. The standard InChI is InChI=1S/C16H21N3O/c17-19-15(11-12-6-9-20-10-7-12)14-5-1-3-13-4-2-8-18-16(13)14/h1-5,8,12,15,19H,6-7,9-11,17H2. The summed E-state index contributed by atoms with van der Waals surface area (Å²) in [7, 11) is 0. The van der Waals surface area contributed by atoms with Crippen LogP contribution in [0.4, 0.5) is 0 Å². The van der Waals surface area contributed by atoms with Crippen molar-refractivity contribution in [1.29, 1.82) is 0 Å². The molecule has 1 aromatic carbocycles. The first-order chi connectivity index (χ1) is 9.88. The third-order valence-electron chi connectivity index (χ3n) is 4.15. The van der Waals surface area contributed by atoms with Crippen molar-refractivity contribution in [1.82, 2.24) is 10.4 Å². The van der Waals surface area contributed by atoms with Gasteiger partial charge in [0, 0.05) is 30.8 Å². The van der Waals surface area contributed by atoms with Crippen LogP contribution < -0.4 is 11.3 Å². The summed E-state index contributed by atoms with van der Waals surface area (Å²) in [6.45, 7) is 1.74. The second-order valence-electron chi connectivity index (χ2n) is 5.43. The number of para-hydroxylation sites is 1. The van der Waals surface area contributed by atoms with E-state index < -0.39 is 0 Å². The Morgan fingerprint density at radius 2 is 2.05 bits per heavy atom. The topological polar surface area (TPSA) is 60.2 Å². The molecule has 0 saturated carbocycles. The smallest absolute Gasteiger partial charge is 0.0750 e. The maximum Gasteiger partial charge on any atom is 0.0750 e. The van der Waals surface area contributed by atoms with Crippen molar-refractivity contribution in [3.63, 3.8) is 0 Å². The molecule has 0 aliphatic carbocycles. The Labute approximate surface area is 119 Å². The Morgan fingerprint density at radius 3 is 2.85 bits per heavy atom. The minimum absolute atomic E-state index is 0.150. The summed E-state index contributed by atoms with van der Waals surface area (Å²) in [5.41, 5.74) is 5.22. The van der Waals surface area contributed by atoms with Gasteiger partial charge in [-0.3, -0.25) is 16.3 Å². The molecule has 1 fully saturated rings. The number of benzene rings is 1. The largest absolute Gasteiger partial charge is 0.381 e. The highest BCUT2D eigenvalue weighted by Crippen LogP contribution is 2.30. The van der Waals surface area contributed by atoms with Crippen LogP contribution in [0, 0.1) is 5.92 Å². The van der Waals surface area contributed by atoms with Crippen LogP contribution in [0.25, 0.3) is 10.9 Å². The Hall–Kier alpha value is -1.49. The SMILES string of the molecule is NNC(CC1CCOCC1)c1cccc2cccnc12. The highest BCUT2D eigenvalue weighted by molar-refractivity contribution is 5.81. The van der Waals surface area contributed by atoms with Crippen LogP contribution in [0.2, 0.25) is 0 Å². The molecule has 0 bridgehead atoms. The zero-order valence-electron chi connectivity index (χ0n) is 11.6. The highest BCUT2D eigenvalue weighted by Gasteiger charge is 2.21. The lowest BCUT2D eigenvalue weighted by atomic mass is 9.89. The Morgan fingerprint density at radius 1 is 1.25 bits per heavy atom. The first kappa shape index (κ1) is 13.5. The molecule has 3 N–H and O–H groups in total. The summed E-state index contributed by atoms with van der Waals surface area (Å²) >= 11 is 0. The molecule has 0 spiro atoms. The second-order valence-corrected chi connectivity index (χ2v) is 5.43. The lowest BCUT2D eigenvalue weighted by Crippen LogP contribution is -2.31. The normalized spacial score (nSPS) is 18.2. The van der Waals surface area contributed by atoms with Gasteiger partial charge in [-0.15, -0.1) is 0 Å². The van der Waals surface area contributed by atoms with E-state index in [2.05, 4.69) is 34.7 Å². The molecule has 2 aromatic rings. The first-order valence-corrected chi connectivity index (χ1v) is 7.26. The molecule has 4 nitrogen and oxygen atoms in total.